The molecule has 0 aromatic heterocycles. The van der Waals surface area contributed by atoms with E-state index in [4.69, 9.17) is 11.6 Å². The number of nitrogens with zero attached hydrogens (tertiary/aromatic N) is 1. The van der Waals surface area contributed by atoms with Gasteiger partial charge in [-0.1, -0.05) is 23.7 Å². The Bertz CT molecular complexity index is 496. The summed E-state index contributed by atoms with van der Waals surface area (Å²) in [6.07, 6.45) is 1.54. The molecule has 1 aliphatic rings. The van der Waals surface area contributed by atoms with Gasteiger partial charge in [-0.15, -0.1) is 0 Å². The van der Waals surface area contributed by atoms with Gasteiger partial charge in [0.15, 0.2) is 0 Å². The maximum absolute atomic E-state index is 12.0. The number of halogens is 1. The van der Waals surface area contributed by atoms with Crippen molar-refractivity contribution in [1.29, 1.82) is 0 Å². The Hall–Kier alpha value is -1.75. The molecule has 5 nitrogen and oxygen atoms in total. The van der Waals surface area contributed by atoms with Crippen molar-refractivity contribution >= 4 is 23.6 Å². The molecular weight excluding hydrogens is 292 g/mol. The molecule has 1 aromatic carbocycles. The Kier molecular flexibility index (Phi) is 5.44. The van der Waals surface area contributed by atoms with Gasteiger partial charge in [-0.2, -0.15) is 0 Å². The molecular formula is C15H19ClN2O3. The van der Waals surface area contributed by atoms with E-state index in [9.17, 15) is 9.59 Å². The largest absolute Gasteiger partial charge is 0.453 e. The zero-order valence-electron chi connectivity index (χ0n) is 12.0. The van der Waals surface area contributed by atoms with Crippen LogP contribution in [0.25, 0.3) is 0 Å². The highest BCUT2D eigenvalue weighted by atomic mass is 35.5. The zero-order valence-corrected chi connectivity index (χ0v) is 12.7. The second kappa shape index (κ2) is 7.31. The molecule has 6 heteroatoms. The fourth-order valence-electron chi connectivity index (χ4n) is 2.40. The predicted molar refractivity (Wildman–Crippen MR) is 80.3 cm³/mol. The van der Waals surface area contributed by atoms with Crippen LogP contribution in [0.1, 0.15) is 18.4 Å². The number of ether oxygens (including phenoxy) is 1. The maximum Gasteiger partial charge on any atom is 0.409 e. The lowest BCUT2D eigenvalue weighted by molar-refractivity contribution is -0.121. The number of likely N-dealkylation sites (tertiary alicyclic amines) is 1. The highest BCUT2D eigenvalue weighted by molar-refractivity contribution is 6.30. The van der Waals surface area contributed by atoms with Crippen LogP contribution >= 0.6 is 11.6 Å². The third-order valence-electron chi connectivity index (χ3n) is 3.57. The van der Waals surface area contributed by atoms with Crippen molar-refractivity contribution in [2.24, 2.45) is 0 Å². The summed E-state index contributed by atoms with van der Waals surface area (Å²) < 4.78 is 4.68. The van der Waals surface area contributed by atoms with E-state index < -0.39 is 0 Å². The summed E-state index contributed by atoms with van der Waals surface area (Å²) in [5, 5.41) is 3.67. The van der Waals surface area contributed by atoms with E-state index in [0.29, 0.717) is 24.5 Å². The number of nitrogens with one attached hydrogen (secondary N) is 1. The van der Waals surface area contributed by atoms with Crippen LogP contribution in [0.5, 0.6) is 0 Å². The predicted octanol–water partition coefficient (Wildman–Crippen LogP) is 2.23. The van der Waals surface area contributed by atoms with Crippen molar-refractivity contribution in [3.63, 3.8) is 0 Å². The van der Waals surface area contributed by atoms with E-state index in [0.717, 1.165) is 18.4 Å². The molecule has 0 aliphatic carbocycles. The number of piperidine rings is 1. The molecule has 1 heterocycles. The van der Waals surface area contributed by atoms with Gasteiger partial charge in [-0.05, 0) is 30.5 Å². The van der Waals surface area contributed by atoms with Crippen LogP contribution in [0.2, 0.25) is 5.02 Å². The second-order valence-corrected chi connectivity index (χ2v) is 5.54. The molecule has 1 saturated heterocycles. The first-order valence-corrected chi connectivity index (χ1v) is 7.33. The standard InChI is InChI=1S/C15H19ClN2O3/c1-21-15(20)18-8-6-13(7-9-18)17-14(19)10-11-2-4-12(16)5-3-11/h2-5,13H,6-10H2,1H3,(H,17,19). The third-order valence-corrected chi connectivity index (χ3v) is 3.82. The average molecular weight is 311 g/mol. The zero-order chi connectivity index (χ0) is 15.2. The van der Waals surface area contributed by atoms with Gasteiger partial charge >= 0.3 is 6.09 Å². The number of methoxy groups -OCH3 is 1. The topological polar surface area (TPSA) is 58.6 Å². The van der Waals surface area contributed by atoms with E-state index in [2.05, 4.69) is 10.1 Å². The molecule has 0 unspecified atom stereocenters. The molecule has 21 heavy (non-hydrogen) atoms. The Morgan fingerprint density at radius 1 is 1.29 bits per heavy atom. The molecule has 1 aliphatic heterocycles. The third kappa shape index (κ3) is 4.63. The normalized spacial score (nSPS) is 15.6. The lowest BCUT2D eigenvalue weighted by Crippen LogP contribution is -2.46. The molecule has 1 aromatic rings. The van der Waals surface area contributed by atoms with Crippen molar-refractivity contribution in [3.8, 4) is 0 Å². The number of benzene rings is 1. The van der Waals surface area contributed by atoms with Crippen molar-refractivity contribution in [3.05, 3.63) is 34.9 Å². The van der Waals surface area contributed by atoms with Gasteiger partial charge in [0, 0.05) is 24.2 Å². The number of rotatable bonds is 3. The van der Waals surface area contributed by atoms with Crippen LogP contribution in [0.15, 0.2) is 24.3 Å². The van der Waals surface area contributed by atoms with Crippen LogP contribution < -0.4 is 5.32 Å². The number of hydrogen-bond donors (Lipinski definition) is 1. The van der Waals surface area contributed by atoms with Crippen LogP contribution in [-0.2, 0) is 16.0 Å². The number of carbonyl (C=O) groups is 2. The molecule has 2 rings (SSSR count). The van der Waals surface area contributed by atoms with E-state index >= 15 is 0 Å². The molecule has 1 N–H and O–H groups in total. The minimum absolute atomic E-state index is 0.00570. The van der Waals surface area contributed by atoms with Gasteiger partial charge in [-0.25, -0.2) is 4.79 Å². The van der Waals surface area contributed by atoms with Gasteiger partial charge in [0.05, 0.1) is 13.5 Å². The lowest BCUT2D eigenvalue weighted by atomic mass is 10.0. The van der Waals surface area contributed by atoms with E-state index in [-0.39, 0.29) is 18.0 Å². The minimum Gasteiger partial charge on any atom is -0.453 e. The van der Waals surface area contributed by atoms with E-state index in [1.165, 1.54) is 7.11 Å². The van der Waals surface area contributed by atoms with Crippen molar-refractivity contribution in [2.75, 3.05) is 20.2 Å². The Morgan fingerprint density at radius 2 is 1.90 bits per heavy atom. The van der Waals surface area contributed by atoms with E-state index in [1.807, 2.05) is 12.1 Å². The number of carbonyl (C=O) groups excluding carboxylic acids is 2. The molecule has 1 fully saturated rings. The lowest BCUT2D eigenvalue weighted by Gasteiger charge is -2.31. The van der Waals surface area contributed by atoms with Crippen LogP contribution in [0.4, 0.5) is 4.79 Å². The number of amides is 2. The Balaban J connectivity index is 1.76. The highest BCUT2D eigenvalue weighted by Gasteiger charge is 2.24. The summed E-state index contributed by atoms with van der Waals surface area (Å²) in [6, 6.07) is 7.37. The van der Waals surface area contributed by atoms with Gasteiger partial charge in [0.1, 0.15) is 0 Å². The molecule has 114 valence electrons. The molecule has 0 radical (unpaired) electrons. The molecule has 0 spiro atoms. The SMILES string of the molecule is COC(=O)N1CCC(NC(=O)Cc2ccc(Cl)cc2)CC1. The summed E-state index contributed by atoms with van der Waals surface area (Å²) in [7, 11) is 1.38. The first kappa shape index (κ1) is 15.6. The first-order valence-electron chi connectivity index (χ1n) is 6.95. The van der Waals surface area contributed by atoms with Gasteiger partial charge in [0.25, 0.3) is 0 Å². The summed E-state index contributed by atoms with van der Waals surface area (Å²) in [6.45, 7) is 1.22. The fourth-order valence-corrected chi connectivity index (χ4v) is 2.53. The van der Waals surface area contributed by atoms with Gasteiger partial charge in [0.2, 0.25) is 5.91 Å². The number of hydrogen-bond acceptors (Lipinski definition) is 3. The summed E-state index contributed by atoms with van der Waals surface area (Å²) >= 11 is 5.81. The second-order valence-electron chi connectivity index (χ2n) is 5.10. The van der Waals surface area contributed by atoms with Crippen molar-refractivity contribution in [1.82, 2.24) is 10.2 Å². The molecule has 0 atom stereocenters. The van der Waals surface area contributed by atoms with Crippen LogP contribution in [-0.4, -0.2) is 43.1 Å². The average Bonchev–Trinajstić information content (AvgIpc) is 2.49. The molecule has 0 bridgehead atoms. The van der Waals surface area contributed by atoms with Crippen LogP contribution in [0, 0.1) is 0 Å². The van der Waals surface area contributed by atoms with E-state index in [1.54, 1.807) is 17.0 Å². The summed E-state index contributed by atoms with van der Waals surface area (Å²) in [5.74, 6) is -0.00570. The Labute approximate surface area is 129 Å². The summed E-state index contributed by atoms with van der Waals surface area (Å²) in [4.78, 5) is 25.0. The highest BCUT2D eigenvalue weighted by Crippen LogP contribution is 2.13. The van der Waals surface area contributed by atoms with Crippen molar-refractivity contribution in [2.45, 2.75) is 25.3 Å². The fraction of sp³-hybridized carbons (Fsp3) is 0.467. The van der Waals surface area contributed by atoms with Gasteiger partial charge < -0.3 is 15.0 Å². The quantitative estimate of drug-likeness (QED) is 0.931. The summed E-state index contributed by atoms with van der Waals surface area (Å²) in [5.41, 5.74) is 0.934. The van der Waals surface area contributed by atoms with Crippen LogP contribution in [0.3, 0.4) is 0 Å². The molecule has 0 saturated carbocycles. The van der Waals surface area contributed by atoms with Crippen molar-refractivity contribution < 1.29 is 14.3 Å². The smallest absolute Gasteiger partial charge is 0.409 e. The Morgan fingerprint density at radius 3 is 2.48 bits per heavy atom. The maximum atomic E-state index is 12.0. The minimum atomic E-state index is -0.305. The van der Waals surface area contributed by atoms with Gasteiger partial charge in [-0.3, -0.25) is 4.79 Å². The monoisotopic (exact) mass is 310 g/mol. The first-order chi connectivity index (χ1) is 10.1. The molecule has 2 amide bonds.